The van der Waals surface area contributed by atoms with E-state index >= 15 is 0 Å². The molecule has 0 saturated carbocycles. The van der Waals surface area contributed by atoms with Gasteiger partial charge in [-0.1, -0.05) is 6.07 Å². The Labute approximate surface area is 150 Å². The molecule has 0 aliphatic carbocycles. The minimum absolute atomic E-state index is 0.0599. The number of aromatic nitrogens is 1. The lowest BCUT2D eigenvalue weighted by Crippen LogP contribution is -2.53. The summed E-state index contributed by atoms with van der Waals surface area (Å²) in [4.78, 5) is 35.5. The van der Waals surface area contributed by atoms with Gasteiger partial charge in [-0.05, 0) is 56.8 Å². The fourth-order valence-electron chi connectivity index (χ4n) is 4.08. The highest BCUT2D eigenvalue weighted by molar-refractivity contribution is 6.02. The molecule has 8 heteroatoms. The van der Waals surface area contributed by atoms with E-state index in [9.17, 15) is 9.59 Å². The summed E-state index contributed by atoms with van der Waals surface area (Å²) in [5.41, 5.74) is 8.90. The highest BCUT2D eigenvalue weighted by atomic mass is 16.7. The van der Waals surface area contributed by atoms with E-state index < -0.39 is 11.9 Å². The molecule has 4 heterocycles. The van der Waals surface area contributed by atoms with Crippen LogP contribution >= 0.6 is 0 Å². The van der Waals surface area contributed by atoms with E-state index in [1.807, 2.05) is 6.92 Å². The Balaban J connectivity index is 1.45. The van der Waals surface area contributed by atoms with Crippen LogP contribution in [-0.4, -0.2) is 47.4 Å². The third-order valence-corrected chi connectivity index (χ3v) is 5.54. The number of rotatable bonds is 5. The Bertz CT molecular complexity index is 841. The highest BCUT2D eigenvalue weighted by Crippen LogP contribution is 2.34. The maximum Gasteiger partial charge on any atom is 0.359 e. The summed E-state index contributed by atoms with van der Waals surface area (Å²) in [5, 5.41) is 0. The Morgan fingerprint density at radius 1 is 1.38 bits per heavy atom. The van der Waals surface area contributed by atoms with Crippen LogP contribution in [0.5, 0.6) is 0 Å². The van der Waals surface area contributed by atoms with Gasteiger partial charge >= 0.3 is 11.9 Å². The van der Waals surface area contributed by atoms with Crippen LogP contribution < -0.4 is 11.2 Å². The lowest BCUT2D eigenvalue weighted by Gasteiger charge is -2.46. The normalized spacial score (nSPS) is 26.0. The number of para-hydroxylation sites is 1. The van der Waals surface area contributed by atoms with E-state index in [1.165, 1.54) is 25.9 Å². The Morgan fingerprint density at radius 3 is 2.81 bits per heavy atom. The minimum Gasteiger partial charge on any atom is -0.432 e. The molecule has 3 N–H and O–H groups in total. The summed E-state index contributed by atoms with van der Waals surface area (Å²) in [5.74, 6) is -0.426. The molecule has 1 aromatic heterocycles. The fraction of sp³-hybridized carbons (Fsp3) is 0.500. The monoisotopic (exact) mass is 358 g/mol. The maximum absolute atomic E-state index is 12.5. The van der Waals surface area contributed by atoms with Crippen molar-refractivity contribution in [1.29, 1.82) is 0 Å². The summed E-state index contributed by atoms with van der Waals surface area (Å²) in [6.45, 7) is 5.42. The molecule has 3 aliphatic heterocycles. The largest absolute Gasteiger partial charge is 0.432 e. The Kier molecular flexibility index (Phi) is 4.37. The molecular formula is C18H22N4O4. The average molecular weight is 358 g/mol. The number of carbonyl (C=O) groups excluding carboxylic acids is 2. The standard InChI is InChI=1S/C18H22N4O4/c1-10(13-9-22-7-5-11(13)6-8-22)21-26-18(24)12-3-2-4-14-15(12)20-17(25-14)16(19)23/h2-4,10-11,13,21H,5-9H2,1H3,(H2,19,23)/t10-,13-/m0/s1. The van der Waals surface area contributed by atoms with E-state index in [2.05, 4.69) is 15.4 Å². The number of hydrogen-bond acceptors (Lipinski definition) is 7. The van der Waals surface area contributed by atoms with Gasteiger partial charge in [0.25, 0.3) is 5.89 Å². The number of hydroxylamine groups is 1. The number of fused-ring (bicyclic) bond motifs is 4. The Morgan fingerprint density at radius 2 is 2.15 bits per heavy atom. The van der Waals surface area contributed by atoms with Crippen LogP contribution in [0.15, 0.2) is 22.6 Å². The van der Waals surface area contributed by atoms with Gasteiger partial charge in [-0.25, -0.2) is 9.78 Å². The minimum atomic E-state index is -0.783. The summed E-state index contributed by atoms with van der Waals surface area (Å²) in [6, 6.07) is 4.91. The molecule has 2 atom stereocenters. The third-order valence-electron chi connectivity index (χ3n) is 5.54. The van der Waals surface area contributed by atoms with Crippen molar-refractivity contribution in [2.45, 2.75) is 25.8 Å². The molecule has 2 aromatic rings. The molecule has 3 fully saturated rings. The fourth-order valence-corrected chi connectivity index (χ4v) is 4.08. The first kappa shape index (κ1) is 17.0. The SMILES string of the molecule is C[C@H](NOC(=O)c1cccc2oc(C(N)=O)nc12)[C@@H]1CN2CCC1CC2. The van der Waals surface area contributed by atoms with Crippen LogP contribution in [0.3, 0.4) is 0 Å². The summed E-state index contributed by atoms with van der Waals surface area (Å²) in [7, 11) is 0. The van der Waals surface area contributed by atoms with Gasteiger partial charge in [-0.15, -0.1) is 5.48 Å². The van der Waals surface area contributed by atoms with Crippen LogP contribution in [0.1, 0.15) is 40.8 Å². The van der Waals surface area contributed by atoms with Crippen molar-refractivity contribution >= 4 is 23.0 Å². The van der Waals surface area contributed by atoms with Gasteiger partial charge in [0.05, 0.1) is 5.56 Å². The third kappa shape index (κ3) is 3.06. The van der Waals surface area contributed by atoms with E-state index in [0.717, 1.165) is 6.54 Å². The molecule has 0 spiro atoms. The molecule has 3 aliphatic rings. The van der Waals surface area contributed by atoms with Crippen LogP contribution in [0.25, 0.3) is 11.1 Å². The zero-order valence-corrected chi connectivity index (χ0v) is 14.6. The van der Waals surface area contributed by atoms with Gasteiger partial charge in [-0.2, -0.15) is 0 Å². The van der Waals surface area contributed by atoms with Crippen molar-refractivity contribution in [1.82, 2.24) is 15.4 Å². The van der Waals surface area contributed by atoms with Gasteiger partial charge in [0.1, 0.15) is 5.52 Å². The molecular weight excluding hydrogens is 336 g/mol. The van der Waals surface area contributed by atoms with Crippen molar-refractivity contribution in [3.8, 4) is 0 Å². The predicted molar refractivity (Wildman–Crippen MR) is 93.2 cm³/mol. The van der Waals surface area contributed by atoms with Crippen molar-refractivity contribution in [2.24, 2.45) is 17.6 Å². The lowest BCUT2D eigenvalue weighted by molar-refractivity contribution is -0.0208. The van der Waals surface area contributed by atoms with Crippen molar-refractivity contribution in [2.75, 3.05) is 19.6 Å². The van der Waals surface area contributed by atoms with Crippen LogP contribution in [-0.2, 0) is 4.84 Å². The molecule has 3 saturated heterocycles. The number of nitrogens with one attached hydrogen (secondary N) is 1. The van der Waals surface area contributed by atoms with Crippen LogP contribution in [0, 0.1) is 11.8 Å². The number of nitrogens with zero attached hydrogens (tertiary/aromatic N) is 2. The van der Waals surface area contributed by atoms with E-state index in [0.29, 0.717) is 17.4 Å². The first-order valence-electron chi connectivity index (χ1n) is 8.91. The number of hydrogen-bond donors (Lipinski definition) is 2. The second-order valence-corrected chi connectivity index (χ2v) is 7.13. The predicted octanol–water partition coefficient (Wildman–Crippen LogP) is 1.32. The molecule has 138 valence electrons. The number of carbonyl (C=O) groups is 2. The molecule has 1 aromatic carbocycles. The van der Waals surface area contributed by atoms with Crippen molar-refractivity contribution in [3.63, 3.8) is 0 Å². The van der Waals surface area contributed by atoms with Crippen LogP contribution in [0.2, 0.25) is 0 Å². The zero-order chi connectivity index (χ0) is 18.3. The second kappa shape index (κ2) is 6.69. The topological polar surface area (TPSA) is 111 Å². The van der Waals surface area contributed by atoms with Gasteiger partial charge in [0.2, 0.25) is 0 Å². The zero-order valence-electron chi connectivity index (χ0n) is 14.6. The van der Waals surface area contributed by atoms with E-state index in [-0.39, 0.29) is 23.0 Å². The average Bonchev–Trinajstić information content (AvgIpc) is 3.11. The molecule has 26 heavy (non-hydrogen) atoms. The first-order chi connectivity index (χ1) is 12.5. The van der Waals surface area contributed by atoms with Crippen LogP contribution in [0.4, 0.5) is 0 Å². The number of amides is 1. The number of piperidine rings is 3. The molecule has 1 amide bonds. The summed E-state index contributed by atoms with van der Waals surface area (Å²) < 4.78 is 5.26. The quantitative estimate of drug-likeness (QED) is 0.776. The van der Waals surface area contributed by atoms with E-state index in [4.69, 9.17) is 15.0 Å². The van der Waals surface area contributed by atoms with Gasteiger partial charge in [0.15, 0.2) is 5.58 Å². The lowest BCUT2D eigenvalue weighted by atomic mass is 9.76. The number of nitrogens with two attached hydrogens (primary N) is 1. The molecule has 8 nitrogen and oxygen atoms in total. The molecule has 0 unspecified atom stereocenters. The highest BCUT2D eigenvalue weighted by Gasteiger charge is 2.37. The smallest absolute Gasteiger partial charge is 0.359 e. The molecule has 0 radical (unpaired) electrons. The van der Waals surface area contributed by atoms with Gasteiger partial charge in [0, 0.05) is 12.6 Å². The summed E-state index contributed by atoms with van der Waals surface area (Å²) >= 11 is 0. The number of oxazole rings is 1. The second-order valence-electron chi connectivity index (χ2n) is 7.13. The number of primary amides is 1. The first-order valence-corrected chi connectivity index (χ1v) is 8.91. The summed E-state index contributed by atoms with van der Waals surface area (Å²) in [6.07, 6.45) is 2.41. The van der Waals surface area contributed by atoms with Crippen molar-refractivity contribution < 1.29 is 18.8 Å². The maximum atomic E-state index is 12.5. The van der Waals surface area contributed by atoms with E-state index in [1.54, 1.807) is 18.2 Å². The number of benzene rings is 1. The van der Waals surface area contributed by atoms with Gasteiger partial charge < -0.3 is 19.9 Å². The van der Waals surface area contributed by atoms with Gasteiger partial charge in [-0.3, -0.25) is 4.79 Å². The molecule has 5 rings (SSSR count). The molecule has 2 bridgehead atoms. The van der Waals surface area contributed by atoms with Crippen molar-refractivity contribution in [3.05, 3.63) is 29.7 Å². The Hall–Kier alpha value is -2.45.